The van der Waals surface area contributed by atoms with Gasteiger partial charge in [0.1, 0.15) is 6.61 Å². The van der Waals surface area contributed by atoms with Crippen molar-refractivity contribution in [2.75, 3.05) is 20.3 Å². The first-order chi connectivity index (χ1) is 7.15. The Labute approximate surface area is 91.7 Å². The molecule has 0 spiro atoms. The van der Waals surface area contributed by atoms with E-state index in [1.165, 1.54) is 25.3 Å². The number of halogens is 1. The lowest BCUT2D eigenvalue weighted by Crippen LogP contribution is -2.05. The molecular weight excluding hydrogens is 222 g/mol. The fourth-order valence-corrected chi connectivity index (χ4v) is 1.16. The molecule has 0 amide bonds. The van der Waals surface area contributed by atoms with Crippen molar-refractivity contribution >= 4 is 17.3 Å². The lowest BCUT2D eigenvalue weighted by Gasteiger charge is -2.05. The summed E-state index contributed by atoms with van der Waals surface area (Å²) in [5, 5.41) is 10.9. The molecule has 0 saturated heterocycles. The Morgan fingerprint density at radius 2 is 2.20 bits per heavy atom. The average molecular weight is 232 g/mol. The van der Waals surface area contributed by atoms with E-state index in [2.05, 4.69) is 0 Å². The van der Waals surface area contributed by atoms with Crippen molar-refractivity contribution in [3.63, 3.8) is 0 Å². The molecule has 1 aromatic rings. The van der Waals surface area contributed by atoms with Gasteiger partial charge in [0.25, 0.3) is 0 Å². The van der Waals surface area contributed by atoms with Crippen molar-refractivity contribution < 1.29 is 14.4 Å². The number of nitro groups is 1. The summed E-state index contributed by atoms with van der Waals surface area (Å²) in [5.41, 5.74) is -0.140. The van der Waals surface area contributed by atoms with Crippen LogP contribution in [0.4, 0.5) is 5.69 Å². The molecule has 82 valence electrons. The lowest BCUT2D eigenvalue weighted by atomic mass is 10.3. The van der Waals surface area contributed by atoms with Crippen molar-refractivity contribution in [2.24, 2.45) is 0 Å². The summed E-state index contributed by atoms with van der Waals surface area (Å²) in [5.74, 6) is 0.196. The summed E-state index contributed by atoms with van der Waals surface area (Å²) >= 11 is 5.64. The lowest BCUT2D eigenvalue weighted by molar-refractivity contribution is -0.385. The van der Waals surface area contributed by atoms with Crippen molar-refractivity contribution in [3.05, 3.63) is 33.3 Å². The Balaban J connectivity index is 2.81. The maximum atomic E-state index is 10.6. The van der Waals surface area contributed by atoms with E-state index >= 15 is 0 Å². The minimum absolute atomic E-state index is 0.140. The molecule has 6 heteroatoms. The van der Waals surface area contributed by atoms with E-state index in [1.54, 1.807) is 0 Å². The molecule has 0 saturated carbocycles. The molecule has 0 N–H and O–H groups in total. The van der Waals surface area contributed by atoms with Gasteiger partial charge in [0.15, 0.2) is 5.75 Å². The fourth-order valence-electron chi connectivity index (χ4n) is 0.990. The van der Waals surface area contributed by atoms with Gasteiger partial charge in [-0.3, -0.25) is 10.1 Å². The molecule has 0 aliphatic rings. The Hall–Kier alpha value is -1.33. The van der Waals surface area contributed by atoms with Crippen LogP contribution in [0.3, 0.4) is 0 Å². The van der Waals surface area contributed by atoms with E-state index in [1.807, 2.05) is 0 Å². The van der Waals surface area contributed by atoms with Gasteiger partial charge in [0.05, 0.1) is 11.5 Å². The standard InChI is InChI=1S/C9H10ClNO4/c1-14-4-5-15-9-3-2-7(10)6-8(9)11(12)13/h2-3,6H,4-5H2,1H3. The predicted molar refractivity (Wildman–Crippen MR) is 55.5 cm³/mol. The van der Waals surface area contributed by atoms with Crippen LogP contribution in [-0.4, -0.2) is 25.2 Å². The van der Waals surface area contributed by atoms with E-state index in [-0.39, 0.29) is 18.0 Å². The van der Waals surface area contributed by atoms with Gasteiger partial charge in [-0.05, 0) is 12.1 Å². The molecule has 0 radical (unpaired) electrons. The largest absolute Gasteiger partial charge is 0.484 e. The smallest absolute Gasteiger partial charge is 0.312 e. The highest BCUT2D eigenvalue weighted by Gasteiger charge is 2.15. The summed E-state index contributed by atoms with van der Waals surface area (Å²) < 4.78 is 9.94. The van der Waals surface area contributed by atoms with Crippen molar-refractivity contribution in [3.8, 4) is 5.75 Å². The molecule has 0 aliphatic carbocycles. The summed E-state index contributed by atoms with van der Waals surface area (Å²) in [6.45, 7) is 0.638. The zero-order chi connectivity index (χ0) is 11.3. The van der Waals surface area contributed by atoms with E-state index in [4.69, 9.17) is 21.1 Å². The van der Waals surface area contributed by atoms with Gasteiger partial charge >= 0.3 is 5.69 Å². The number of rotatable bonds is 5. The normalized spacial score (nSPS) is 10.0. The van der Waals surface area contributed by atoms with Crippen LogP contribution < -0.4 is 4.74 Å². The number of hydrogen-bond donors (Lipinski definition) is 0. The number of ether oxygens (including phenoxy) is 2. The highest BCUT2D eigenvalue weighted by atomic mass is 35.5. The first-order valence-electron chi connectivity index (χ1n) is 4.21. The van der Waals surface area contributed by atoms with Gasteiger partial charge in [-0.1, -0.05) is 11.6 Å². The van der Waals surface area contributed by atoms with E-state index in [9.17, 15) is 10.1 Å². The second kappa shape index (κ2) is 5.53. The zero-order valence-corrected chi connectivity index (χ0v) is 8.86. The Kier molecular flexibility index (Phi) is 4.33. The number of nitrogens with zero attached hydrogens (tertiary/aromatic N) is 1. The third-order valence-corrected chi connectivity index (χ3v) is 1.90. The molecule has 0 unspecified atom stereocenters. The van der Waals surface area contributed by atoms with E-state index in [0.29, 0.717) is 11.6 Å². The zero-order valence-electron chi connectivity index (χ0n) is 8.10. The summed E-state index contributed by atoms with van der Waals surface area (Å²) in [6, 6.07) is 4.26. The summed E-state index contributed by atoms with van der Waals surface area (Å²) in [7, 11) is 1.53. The first kappa shape index (κ1) is 11.7. The molecule has 0 atom stereocenters. The molecule has 15 heavy (non-hydrogen) atoms. The van der Waals surface area contributed by atoms with E-state index in [0.717, 1.165) is 0 Å². The third-order valence-electron chi connectivity index (χ3n) is 1.66. The third kappa shape index (κ3) is 3.38. The van der Waals surface area contributed by atoms with Gasteiger partial charge in [-0.15, -0.1) is 0 Å². The van der Waals surface area contributed by atoms with Crippen LogP contribution in [0.15, 0.2) is 18.2 Å². The average Bonchev–Trinajstić information content (AvgIpc) is 2.20. The number of hydrogen-bond acceptors (Lipinski definition) is 4. The van der Waals surface area contributed by atoms with Gasteiger partial charge in [-0.2, -0.15) is 0 Å². The summed E-state index contributed by atoms with van der Waals surface area (Å²) in [4.78, 5) is 10.1. The minimum atomic E-state index is -0.534. The molecular formula is C9H10ClNO4. The topological polar surface area (TPSA) is 61.6 Å². The minimum Gasteiger partial charge on any atom is -0.484 e. The van der Waals surface area contributed by atoms with Crippen LogP contribution in [-0.2, 0) is 4.74 Å². The summed E-state index contributed by atoms with van der Waals surface area (Å²) in [6.07, 6.45) is 0. The number of benzene rings is 1. The van der Waals surface area contributed by atoms with Crippen LogP contribution in [0.25, 0.3) is 0 Å². The maximum absolute atomic E-state index is 10.6. The molecule has 1 aromatic carbocycles. The molecule has 0 heterocycles. The van der Waals surface area contributed by atoms with Crippen molar-refractivity contribution in [1.82, 2.24) is 0 Å². The monoisotopic (exact) mass is 231 g/mol. The van der Waals surface area contributed by atoms with Crippen molar-refractivity contribution in [1.29, 1.82) is 0 Å². The van der Waals surface area contributed by atoms with Crippen LogP contribution in [0.1, 0.15) is 0 Å². The Morgan fingerprint density at radius 1 is 1.47 bits per heavy atom. The predicted octanol–water partition coefficient (Wildman–Crippen LogP) is 2.27. The van der Waals surface area contributed by atoms with Gasteiger partial charge in [0.2, 0.25) is 0 Å². The van der Waals surface area contributed by atoms with E-state index < -0.39 is 4.92 Å². The van der Waals surface area contributed by atoms with Crippen LogP contribution in [0.2, 0.25) is 5.02 Å². The van der Waals surface area contributed by atoms with Crippen molar-refractivity contribution in [2.45, 2.75) is 0 Å². The highest BCUT2D eigenvalue weighted by molar-refractivity contribution is 6.30. The second-order valence-corrected chi connectivity index (χ2v) is 3.15. The Morgan fingerprint density at radius 3 is 2.80 bits per heavy atom. The number of methoxy groups -OCH3 is 1. The molecule has 0 aromatic heterocycles. The highest BCUT2D eigenvalue weighted by Crippen LogP contribution is 2.29. The first-order valence-corrected chi connectivity index (χ1v) is 4.58. The molecule has 5 nitrogen and oxygen atoms in total. The Bertz CT molecular complexity index is 356. The second-order valence-electron chi connectivity index (χ2n) is 2.71. The SMILES string of the molecule is COCCOc1ccc(Cl)cc1[N+](=O)[O-]. The van der Waals surface area contributed by atoms with Gasteiger partial charge in [-0.25, -0.2) is 0 Å². The fraction of sp³-hybridized carbons (Fsp3) is 0.333. The van der Waals surface area contributed by atoms with Crippen LogP contribution in [0, 0.1) is 10.1 Å². The van der Waals surface area contributed by atoms with Crippen LogP contribution >= 0.6 is 11.6 Å². The molecule has 0 fully saturated rings. The molecule has 0 bridgehead atoms. The van der Waals surface area contributed by atoms with Gasteiger partial charge in [0, 0.05) is 18.2 Å². The molecule has 1 rings (SSSR count). The molecule has 0 aliphatic heterocycles. The number of nitro benzene ring substituents is 1. The van der Waals surface area contributed by atoms with Crippen LogP contribution in [0.5, 0.6) is 5.75 Å². The quantitative estimate of drug-likeness (QED) is 0.443. The maximum Gasteiger partial charge on any atom is 0.312 e. The van der Waals surface area contributed by atoms with Gasteiger partial charge < -0.3 is 9.47 Å².